The van der Waals surface area contributed by atoms with Gasteiger partial charge < -0.3 is 5.32 Å². The number of carbonyl (C=O) groups excluding carboxylic acids is 1. The van der Waals surface area contributed by atoms with Gasteiger partial charge in [-0.05, 0) is 18.2 Å². The van der Waals surface area contributed by atoms with Crippen LogP contribution in [-0.4, -0.2) is 6.29 Å². The highest BCUT2D eigenvalue weighted by Crippen LogP contribution is 1.86. The SMILES string of the molecule is O=Cc1ccc2c(c1)=CNC=CN=2. The first-order chi connectivity index (χ1) is 6.40. The van der Waals surface area contributed by atoms with E-state index in [1.165, 1.54) is 0 Å². The molecule has 13 heavy (non-hydrogen) atoms. The minimum atomic E-state index is 0.661. The Morgan fingerprint density at radius 2 is 2.31 bits per heavy atom. The number of nitrogens with zero attached hydrogens (tertiary/aromatic N) is 1. The zero-order valence-corrected chi connectivity index (χ0v) is 6.90. The van der Waals surface area contributed by atoms with Crippen LogP contribution in [0.25, 0.3) is 6.20 Å². The van der Waals surface area contributed by atoms with Gasteiger partial charge in [0, 0.05) is 29.4 Å². The highest BCUT2D eigenvalue weighted by atomic mass is 16.1. The van der Waals surface area contributed by atoms with Gasteiger partial charge in [0.15, 0.2) is 0 Å². The summed E-state index contributed by atoms with van der Waals surface area (Å²) in [7, 11) is 0. The van der Waals surface area contributed by atoms with Gasteiger partial charge in [-0.1, -0.05) is 0 Å². The quantitative estimate of drug-likeness (QED) is 0.602. The summed E-state index contributed by atoms with van der Waals surface area (Å²) in [5, 5.41) is 4.73. The lowest BCUT2D eigenvalue weighted by Gasteiger charge is -1.90. The zero-order valence-electron chi connectivity index (χ0n) is 6.90. The van der Waals surface area contributed by atoms with Gasteiger partial charge in [-0.2, -0.15) is 0 Å². The van der Waals surface area contributed by atoms with Crippen LogP contribution in [0.3, 0.4) is 0 Å². The largest absolute Gasteiger partial charge is 0.366 e. The highest BCUT2D eigenvalue weighted by molar-refractivity contribution is 5.74. The van der Waals surface area contributed by atoms with Crippen molar-refractivity contribution in [2.24, 2.45) is 4.99 Å². The Kier molecular flexibility index (Phi) is 1.92. The van der Waals surface area contributed by atoms with E-state index in [4.69, 9.17) is 0 Å². The standard InChI is InChI=1S/C10H8N2O/c13-7-8-1-2-10-9(5-8)6-11-3-4-12-10/h1-7,11H. The maximum Gasteiger partial charge on any atom is 0.150 e. The van der Waals surface area contributed by atoms with E-state index in [1.54, 1.807) is 24.5 Å². The number of nitrogens with one attached hydrogen (secondary N) is 1. The summed E-state index contributed by atoms with van der Waals surface area (Å²) in [5.41, 5.74) is 0.661. The Bertz CT molecular complexity index is 474. The van der Waals surface area contributed by atoms with Crippen molar-refractivity contribution in [2.75, 3.05) is 0 Å². The van der Waals surface area contributed by atoms with Crippen molar-refractivity contribution in [3.8, 4) is 0 Å². The van der Waals surface area contributed by atoms with E-state index in [2.05, 4.69) is 10.3 Å². The Morgan fingerprint density at radius 1 is 1.38 bits per heavy atom. The van der Waals surface area contributed by atoms with Crippen LogP contribution in [-0.2, 0) is 0 Å². The molecule has 0 saturated heterocycles. The van der Waals surface area contributed by atoms with Crippen molar-refractivity contribution in [3.63, 3.8) is 0 Å². The fourth-order valence-electron chi connectivity index (χ4n) is 1.18. The maximum absolute atomic E-state index is 10.5. The molecule has 0 amide bonds. The number of rotatable bonds is 1. The predicted molar refractivity (Wildman–Crippen MR) is 49.4 cm³/mol. The smallest absolute Gasteiger partial charge is 0.150 e. The second kappa shape index (κ2) is 3.23. The first-order valence-electron chi connectivity index (χ1n) is 3.94. The summed E-state index contributed by atoms with van der Waals surface area (Å²) in [4.78, 5) is 14.7. The van der Waals surface area contributed by atoms with Crippen LogP contribution in [0.4, 0.5) is 0 Å². The third kappa shape index (κ3) is 1.49. The molecular formula is C10H8N2O. The molecule has 0 radical (unpaired) electrons. The number of carbonyl (C=O) groups is 1. The predicted octanol–water partition coefficient (Wildman–Crippen LogP) is -0.0689. The zero-order chi connectivity index (χ0) is 9.10. The molecule has 1 heterocycles. The summed E-state index contributed by atoms with van der Waals surface area (Å²) in [6.45, 7) is 0. The highest BCUT2D eigenvalue weighted by Gasteiger charge is 1.92. The molecule has 0 spiro atoms. The van der Waals surface area contributed by atoms with Crippen molar-refractivity contribution in [2.45, 2.75) is 0 Å². The summed E-state index contributed by atoms with van der Waals surface area (Å²) < 4.78 is 0. The number of aldehydes is 1. The second-order valence-corrected chi connectivity index (χ2v) is 2.69. The van der Waals surface area contributed by atoms with Gasteiger partial charge in [-0.15, -0.1) is 0 Å². The molecule has 1 aliphatic rings. The maximum atomic E-state index is 10.5. The van der Waals surface area contributed by atoms with Crippen LogP contribution in [0.15, 0.2) is 35.6 Å². The van der Waals surface area contributed by atoms with E-state index in [-0.39, 0.29) is 0 Å². The number of benzene rings is 1. The molecule has 1 aromatic rings. The van der Waals surface area contributed by atoms with Gasteiger partial charge in [-0.3, -0.25) is 9.79 Å². The normalized spacial score (nSPS) is 12.9. The molecule has 0 saturated carbocycles. The van der Waals surface area contributed by atoms with Gasteiger partial charge in [0.05, 0.1) is 5.36 Å². The summed E-state index contributed by atoms with van der Waals surface area (Å²) in [6, 6.07) is 5.38. The molecular weight excluding hydrogens is 164 g/mol. The molecule has 0 aliphatic carbocycles. The van der Waals surface area contributed by atoms with Crippen molar-refractivity contribution in [1.82, 2.24) is 5.32 Å². The van der Waals surface area contributed by atoms with E-state index in [0.717, 1.165) is 16.9 Å². The molecule has 3 nitrogen and oxygen atoms in total. The average Bonchev–Trinajstić information content (AvgIpc) is 2.41. The summed E-state index contributed by atoms with van der Waals surface area (Å²) >= 11 is 0. The van der Waals surface area contributed by atoms with Crippen molar-refractivity contribution in [3.05, 3.63) is 46.7 Å². The molecule has 0 fully saturated rings. The Balaban J connectivity index is 2.73. The fraction of sp³-hybridized carbons (Fsp3) is 0. The van der Waals surface area contributed by atoms with Crippen molar-refractivity contribution in [1.29, 1.82) is 0 Å². The van der Waals surface area contributed by atoms with Gasteiger partial charge in [0.1, 0.15) is 6.29 Å². The van der Waals surface area contributed by atoms with Gasteiger partial charge in [0.2, 0.25) is 0 Å². The van der Waals surface area contributed by atoms with Crippen LogP contribution in [0, 0.1) is 0 Å². The Labute approximate surface area is 75.1 Å². The van der Waals surface area contributed by atoms with Crippen LogP contribution >= 0.6 is 0 Å². The van der Waals surface area contributed by atoms with Gasteiger partial charge in [-0.25, -0.2) is 0 Å². The summed E-state index contributed by atoms with van der Waals surface area (Å²) in [6.07, 6.45) is 6.06. The minimum absolute atomic E-state index is 0.661. The van der Waals surface area contributed by atoms with E-state index in [9.17, 15) is 4.79 Å². The Morgan fingerprint density at radius 3 is 3.15 bits per heavy atom. The van der Waals surface area contributed by atoms with E-state index < -0.39 is 0 Å². The first-order valence-corrected chi connectivity index (χ1v) is 3.94. The van der Waals surface area contributed by atoms with Crippen LogP contribution in [0.2, 0.25) is 0 Å². The molecule has 64 valence electrons. The molecule has 1 aliphatic heterocycles. The fourth-order valence-corrected chi connectivity index (χ4v) is 1.18. The lowest BCUT2D eigenvalue weighted by molar-refractivity contribution is 0.112. The third-order valence-corrected chi connectivity index (χ3v) is 1.81. The van der Waals surface area contributed by atoms with E-state index in [1.807, 2.05) is 12.3 Å². The molecule has 1 aromatic carbocycles. The topological polar surface area (TPSA) is 41.5 Å². The second-order valence-electron chi connectivity index (χ2n) is 2.69. The molecule has 1 N–H and O–H groups in total. The number of hydrogen-bond donors (Lipinski definition) is 1. The van der Waals surface area contributed by atoms with E-state index in [0.29, 0.717) is 5.56 Å². The minimum Gasteiger partial charge on any atom is -0.366 e. The average molecular weight is 172 g/mol. The molecule has 2 rings (SSSR count). The summed E-state index contributed by atoms with van der Waals surface area (Å²) in [5.74, 6) is 0. The van der Waals surface area contributed by atoms with Crippen LogP contribution < -0.4 is 15.9 Å². The van der Waals surface area contributed by atoms with Crippen molar-refractivity contribution < 1.29 is 4.79 Å². The number of hydrogen-bond acceptors (Lipinski definition) is 3. The molecule has 0 bridgehead atoms. The van der Waals surface area contributed by atoms with Crippen LogP contribution in [0.1, 0.15) is 10.4 Å². The van der Waals surface area contributed by atoms with Crippen LogP contribution in [0.5, 0.6) is 0 Å². The third-order valence-electron chi connectivity index (χ3n) is 1.81. The van der Waals surface area contributed by atoms with Gasteiger partial charge in [0.25, 0.3) is 0 Å². The lowest BCUT2D eigenvalue weighted by atomic mass is 10.2. The Hall–Kier alpha value is -1.90. The molecule has 0 aromatic heterocycles. The number of fused-ring (bicyclic) bond motifs is 1. The molecule has 3 heteroatoms. The monoisotopic (exact) mass is 172 g/mol. The molecule has 0 unspecified atom stereocenters. The van der Waals surface area contributed by atoms with Crippen molar-refractivity contribution >= 4 is 12.5 Å². The van der Waals surface area contributed by atoms with E-state index >= 15 is 0 Å². The lowest BCUT2D eigenvalue weighted by Crippen LogP contribution is -2.25. The first kappa shape index (κ1) is 7.73. The van der Waals surface area contributed by atoms with Gasteiger partial charge >= 0.3 is 0 Å². The molecule has 0 atom stereocenters.